The molecule has 0 bridgehead atoms. The van der Waals surface area contributed by atoms with Gasteiger partial charge in [0.25, 0.3) is 0 Å². The van der Waals surface area contributed by atoms with E-state index in [-0.39, 0.29) is 24.5 Å². The first-order valence-electron chi connectivity index (χ1n) is 9.88. The monoisotopic (exact) mass is 406 g/mol. The molecule has 4 rings (SSSR count). The molecule has 9 heteroatoms. The first kappa shape index (κ1) is 19.8. The first-order chi connectivity index (χ1) is 13.7. The molecule has 1 aliphatic carbocycles. The van der Waals surface area contributed by atoms with Crippen LogP contribution in [0.4, 0.5) is 25.4 Å². The van der Waals surface area contributed by atoms with Crippen molar-refractivity contribution in [3.63, 3.8) is 0 Å². The van der Waals surface area contributed by atoms with Gasteiger partial charge in [-0.2, -0.15) is 0 Å². The summed E-state index contributed by atoms with van der Waals surface area (Å²) < 4.78 is 25.2. The molecule has 2 saturated heterocycles. The molecule has 158 valence electrons. The number of nitrogens with one attached hydrogen (secondary N) is 1. The molecule has 2 aliphatic heterocycles. The van der Waals surface area contributed by atoms with E-state index in [4.69, 9.17) is 15.2 Å². The Morgan fingerprint density at radius 2 is 2.00 bits per heavy atom. The summed E-state index contributed by atoms with van der Waals surface area (Å²) in [5.74, 6) is 0.199. The van der Waals surface area contributed by atoms with Crippen LogP contribution in [0.2, 0.25) is 0 Å². The molecule has 0 spiro atoms. The summed E-state index contributed by atoms with van der Waals surface area (Å²) in [5.41, 5.74) is 5.97. The van der Waals surface area contributed by atoms with Crippen LogP contribution in [-0.4, -0.2) is 56.1 Å². The minimum Gasteiger partial charge on any atom is -0.444 e. The number of piperidine rings is 1. The van der Waals surface area contributed by atoms with Gasteiger partial charge in [-0.25, -0.2) is 14.0 Å². The minimum atomic E-state index is -0.531. The number of amides is 2. The Morgan fingerprint density at radius 3 is 2.55 bits per heavy atom. The predicted octanol–water partition coefficient (Wildman–Crippen LogP) is 2.07. The molecule has 1 aromatic rings. The number of anilines is 2. The van der Waals surface area contributed by atoms with E-state index in [9.17, 15) is 14.0 Å². The number of nitrogens with two attached hydrogens (primary N) is 1. The quantitative estimate of drug-likeness (QED) is 0.795. The zero-order valence-electron chi connectivity index (χ0n) is 16.9. The Bertz CT molecular complexity index is 815. The maximum absolute atomic E-state index is 14.8. The summed E-state index contributed by atoms with van der Waals surface area (Å²) in [6.45, 7) is 7.37. The summed E-state index contributed by atoms with van der Waals surface area (Å²) in [7, 11) is 0. The van der Waals surface area contributed by atoms with Crippen LogP contribution in [0.5, 0.6) is 0 Å². The second-order valence-corrected chi connectivity index (χ2v) is 8.89. The number of hydrogen-bond donors (Lipinski definition) is 2. The molecule has 2 amide bonds. The third-order valence-electron chi connectivity index (χ3n) is 5.60. The molecule has 3 aliphatic rings. The van der Waals surface area contributed by atoms with Gasteiger partial charge < -0.3 is 25.4 Å². The molecular formula is C20H27FN4O4. The van der Waals surface area contributed by atoms with Crippen molar-refractivity contribution in [3.8, 4) is 0 Å². The highest BCUT2D eigenvalue weighted by atomic mass is 19.1. The normalized spacial score (nSPS) is 28.2. The van der Waals surface area contributed by atoms with Crippen molar-refractivity contribution in [2.75, 3.05) is 36.0 Å². The number of nitrogens with zero attached hydrogens (tertiary/aromatic N) is 2. The van der Waals surface area contributed by atoms with Gasteiger partial charge >= 0.3 is 12.2 Å². The van der Waals surface area contributed by atoms with Gasteiger partial charge in [-0.3, -0.25) is 4.90 Å². The molecule has 4 atom stereocenters. The lowest BCUT2D eigenvalue weighted by molar-refractivity contribution is 0.0518. The van der Waals surface area contributed by atoms with Gasteiger partial charge in [-0.05, 0) is 39.0 Å². The topological polar surface area (TPSA) is 97.1 Å². The van der Waals surface area contributed by atoms with Crippen molar-refractivity contribution in [1.29, 1.82) is 0 Å². The van der Waals surface area contributed by atoms with Gasteiger partial charge in [-0.1, -0.05) is 0 Å². The van der Waals surface area contributed by atoms with Gasteiger partial charge in [0.2, 0.25) is 0 Å². The zero-order valence-corrected chi connectivity index (χ0v) is 16.9. The lowest BCUT2D eigenvalue weighted by Gasteiger charge is -2.25. The van der Waals surface area contributed by atoms with E-state index in [0.29, 0.717) is 42.8 Å². The number of carbonyl (C=O) groups is 2. The smallest absolute Gasteiger partial charge is 0.414 e. The van der Waals surface area contributed by atoms with E-state index in [2.05, 4.69) is 5.32 Å². The summed E-state index contributed by atoms with van der Waals surface area (Å²) >= 11 is 0. The zero-order chi connectivity index (χ0) is 20.9. The maximum atomic E-state index is 14.8. The number of hydrogen-bond acceptors (Lipinski definition) is 6. The second-order valence-electron chi connectivity index (χ2n) is 8.89. The van der Waals surface area contributed by atoms with E-state index >= 15 is 0 Å². The van der Waals surface area contributed by atoms with Crippen LogP contribution in [0.25, 0.3) is 0 Å². The van der Waals surface area contributed by atoms with Crippen LogP contribution in [-0.2, 0) is 9.47 Å². The molecule has 0 radical (unpaired) electrons. The SMILES string of the molecule is CC(C)(C)OC(=O)NC1[C@H]2CN(c3ccc(N4C[C@H](CN)OC4=O)cc3F)C[C@@H]12. The summed E-state index contributed by atoms with van der Waals surface area (Å²) in [4.78, 5) is 27.2. The van der Waals surface area contributed by atoms with Crippen molar-refractivity contribution < 1.29 is 23.5 Å². The molecular weight excluding hydrogens is 379 g/mol. The molecule has 1 saturated carbocycles. The van der Waals surface area contributed by atoms with Crippen molar-refractivity contribution in [3.05, 3.63) is 24.0 Å². The number of benzene rings is 1. The third kappa shape index (κ3) is 3.96. The molecule has 1 aromatic carbocycles. The van der Waals surface area contributed by atoms with Crippen LogP contribution in [0, 0.1) is 17.7 Å². The van der Waals surface area contributed by atoms with Crippen molar-refractivity contribution in [1.82, 2.24) is 5.32 Å². The third-order valence-corrected chi connectivity index (χ3v) is 5.60. The Balaban J connectivity index is 1.35. The summed E-state index contributed by atoms with van der Waals surface area (Å²) in [6, 6.07) is 4.85. The lowest BCUT2D eigenvalue weighted by Crippen LogP contribution is -2.38. The van der Waals surface area contributed by atoms with Crippen LogP contribution in [0.3, 0.4) is 0 Å². The molecule has 3 N–H and O–H groups in total. The Morgan fingerprint density at radius 1 is 1.31 bits per heavy atom. The van der Waals surface area contributed by atoms with Gasteiger partial charge in [0.05, 0.1) is 17.9 Å². The second kappa shape index (κ2) is 7.05. The molecule has 29 heavy (non-hydrogen) atoms. The number of fused-ring (bicyclic) bond motifs is 1. The minimum absolute atomic E-state index is 0.0796. The number of cyclic esters (lactones) is 1. The molecule has 3 fully saturated rings. The van der Waals surface area contributed by atoms with Crippen LogP contribution in [0.1, 0.15) is 20.8 Å². The molecule has 0 aromatic heterocycles. The van der Waals surface area contributed by atoms with E-state index in [0.717, 1.165) is 0 Å². The molecule has 1 unspecified atom stereocenters. The van der Waals surface area contributed by atoms with Crippen molar-refractivity contribution in [2.24, 2.45) is 17.6 Å². The van der Waals surface area contributed by atoms with Gasteiger partial charge in [-0.15, -0.1) is 0 Å². The number of alkyl carbamates (subject to hydrolysis) is 1. The highest BCUT2D eigenvalue weighted by Gasteiger charge is 2.57. The van der Waals surface area contributed by atoms with E-state index in [1.165, 1.54) is 11.0 Å². The van der Waals surface area contributed by atoms with E-state index < -0.39 is 17.8 Å². The highest BCUT2D eigenvalue weighted by Crippen LogP contribution is 2.47. The van der Waals surface area contributed by atoms with Crippen molar-refractivity contribution >= 4 is 23.6 Å². The van der Waals surface area contributed by atoms with Gasteiger partial charge in [0, 0.05) is 37.5 Å². The van der Waals surface area contributed by atoms with E-state index in [1.807, 2.05) is 25.7 Å². The Hall–Kier alpha value is -2.55. The predicted molar refractivity (Wildman–Crippen MR) is 105 cm³/mol. The Kier molecular flexibility index (Phi) is 4.80. The van der Waals surface area contributed by atoms with Crippen LogP contribution in [0.15, 0.2) is 18.2 Å². The average Bonchev–Trinajstić information content (AvgIpc) is 2.98. The number of rotatable bonds is 4. The summed E-state index contributed by atoms with van der Waals surface area (Å²) in [5, 5.41) is 2.91. The number of halogens is 1. The lowest BCUT2D eigenvalue weighted by atomic mass is 10.2. The fourth-order valence-corrected chi connectivity index (χ4v) is 4.16. The van der Waals surface area contributed by atoms with Crippen molar-refractivity contribution in [2.45, 2.75) is 38.5 Å². The highest BCUT2D eigenvalue weighted by molar-refractivity contribution is 5.90. The fourth-order valence-electron chi connectivity index (χ4n) is 4.16. The van der Waals surface area contributed by atoms with Crippen LogP contribution >= 0.6 is 0 Å². The first-order valence-corrected chi connectivity index (χ1v) is 9.88. The summed E-state index contributed by atoms with van der Waals surface area (Å²) in [6.07, 6.45) is -1.29. The van der Waals surface area contributed by atoms with Gasteiger partial charge in [0.15, 0.2) is 0 Å². The number of ether oxygens (including phenoxy) is 2. The Labute approximate surface area is 169 Å². The average molecular weight is 406 g/mol. The molecule has 8 nitrogen and oxygen atoms in total. The fraction of sp³-hybridized carbons (Fsp3) is 0.600. The number of carbonyl (C=O) groups excluding carboxylic acids is 2. The largest absolute Gasteiger partial charge is 0.444 e. The van der Waals surface area contributed by atoms with Crippen LogP contribution < -0.4 is 20.9 Å². The van der Waals surface area contributed by atoms with E-state index in [1.54, 1.807) is 12.1 Å². The maximum Gasteiger partial charge on any atom is 0.414 e. The molecule has 2 heterocycles. The van der Waals surface area contributed by atoms with Gasteiger partial charge in [0.1, 0.15) is 17.5 Å². The standard InChI is InChI=1S/C20H27FN4O4/c1-20(2,3)29-18(26)23-17-13-9-24(10-14(13)17)16-5-4-11(6-15(16)21)25-8-12(7-22)28-19(25)27/h4-6,12-14,17H,7-10,22H2,1-3H3,(H,23,26)/t12-,13-,14+,17?/m0/s1.